The van der Waals surface area contributed by atoms with Crippen LogP contribution in [0.3, 0.4) is 0 Å². The van der Waals surface area contributed by atoms with Crippen molar-refractivity contribution in [3.8, 4) is 0 Å². The van der Waals surface area contributed by atoms with Crippen LogP contribution in [0.5, 0.6) is 0 Å². The molecule has 14 heavy (non-hydrogen) atoms. The molecule has 0 saturated heterocycles. The van der Waals surface area contributed by atoms with Gasteiger partial charge < -0.3 is 17.1 Å². The first-order valence-electron chi connectivity index (χ1n) is 5.08. The number of halogens is 1. The maximum Gasteiger partial charge on any atom is 0.302 e. The summed E-state index contributed by atoms with van der Waals surface area (Å²) in [5.74, 6) is -0.151. The van der Waals surface area contributed by atoms with Crippen LogP contribution in [-0.2, 0) is 9.53 Å². The number of ether oxygens (including phenoxy) is 1. The van der Waals surface area contributed by atoms with Crippen LogP contribution >= 0.6 is 7.26 Å². The standard InChI is InChI=1S/C10H22O2P.ClH/c1-5-13(6-2,7-3)9-8-12-10(4)11;/h5-9H2,1-4H3;1H/q+1;/p-1. The molecule has 2 nitrogen and oxygen atoms in total. The fraction of sp³-hybridized carbons (Fsp3) is 0.900. The van der Waals surface area contributed by atoms with Crippen molar-refractivity contribution in [2.75, 3.05) is 31.3 Å². The van der Waals surface area contributed by atoms with E-state index in [4.69, 9.17) is 4.74 Å². The second kappa shape index (κ2) is 8.49. The normalized spacial score (nSPS) is 10.6. The van der Waals surface area contributed by atoms with Crippen molar-refractivity contribution in [1.82, 2.24) is 0 Å². The quantitative estimate of drug-likeness (QED) is 0.468. The third kappa shape index (κ3) is 5.82. The summed E-state index contributed by atoms with van der Waals surface area (Å²) in [4.78, 5) is 10.6. The fourth-order valence-electron chi connectivity index (χ4n) is 1.53. The minimum Gasteiger partial charge on any atom is -1.00 e. The SMILES string of the molecule is CC[P+](CC)(CC)CCOC(C)=O.[Cl-]. The van der Waals surface area contributed by atoms with Crippen LogP contribution in [0.15, 0.2) is 0 Å². The van der Waals surface area contributed by atoms with Gasteiger partial charge in [-0.2, -0.15) is 0 Å². The molecule has 0 heterocycles. The minimum absolute atomic E-state index is 0. The van der Waals surface area contributed by atoms with Crippen molar-refractivity contribution in [2.24, 2.45) is 0 Å². The highest BCUT2D eigenvalue weighted by atomic mass is 35.5. The highest BCUT2D eigenvalue weighted by molar-refractivity contribution is 7.75. The Morgan fingerprint density at radius 2 is 1.57 bits per heavy atom. The molecule has 0 amide bonds. The number of carbonyl (C=O) groups is 1. The molecule has 0 spiro atoms. The van der Waals surface area contributed by atoms with E-state index in [1.807, 2.05) is 0 Å². The summed E-state index contributed by atoms with van der Waals surface area (Å²) < 4.78 is 4.99. The molecule has 0 bridgehead atoms. The van der Waals surface area contributed by atoms with Crippen LogP contribution in [0.1, 0.15) is 27.7 Å². The average Bonchev–Trinajstić information content (AvgIpc) is 2.13. The van der Waals surface area contributed by atoms with Gasteiger partial charge in [-0.05, 0) is 20.8 Å². The lowest BCUT2D eigenvalue weighted by molar-refractivity contribution is -0.140. The zero-order chi connectivity index (χ0) is 10.3. The second-order valence-electron chi connectivity index (χ2n) is 3.35. The largest absolute Gasteiger partial charge is 1.00 e. The Morgan fingerprint density at radius 1 is 1.14 bits per heavy atom. The van der Waals surface area contributed by atoms with Crippen LogP contribution in [0, 0.1) is 0 Å². The van der Waals surface area contributed by atoms with Gasteiger partial charge in [0.2, 0.25) is 0 Å². The molecule has 0 rings (SSSR count). The molecule has 4 heteroatoms. The van der Waals surface area contributed by atoms with Gasteiger partial charge in [-0.3, -0.25) is 4.79 Å². The summed E-state index contributed by atoms with van der Waals surface area (Å²) in [5, 5.41) is 0. The Hall–Kier alpha value is 0.190. The topological polar surface area (TPSA) is 26.3 Å². The first-order chi connectivity index (χ1) is 6.10. The number of esters is 1. The van der Waals surface area contributed by atoms with Crippen molar-refractivity contribution >= 4 is 13.2 Å². The van der Waals surface area contributed by atoms with E-state index in [1.54, 1.807) is 0 Å². The molecular formula is C10H22ClO2P. The van der Waals surface area contributed by atoms with E-state index >= 15 is 0 Å². The first kappa shape index (κ1) is 16.6. The molecule has 0 aromatic rings. The summed E-state index contributed by atoms with van der Waals surface area (Å²) >= 11 is 0. The van der Waals surface area contributed by atoms with E-state index in [0.29, 0.717) is 6.61 Å². The van der Waals surface area contributed by atoms with E-state index in [1.165, 1.54) is 25.4 Å². The number of rotatable bonds is 6. The van der Waals surface area contributed by atoms with Gasteiger partial charge in [-0.15, -0.1) is 0 Å². The van der Waals surface area contributed by atoms with Crippen molar-refractivity contribution < 1.29 is 21.9 Å². The van der Waals surface area contributed by atoms with Gasteiger partial charge in [-0.25, -0.2) is 0 Å². The number of carbonyl (C=O) groups excluding carboxylic acids is 1. The van der Waals surface area contributed by atoms with E-state index in [0.717, 1.165) is 6.16 Å². The van der Waals surface area contributed by atoms with Gasteiger partial charge >= 0.3 is 5.97 Å². The Morgan fingerprint density at radius 3 is 1.86 bits per heavy atom. The minimum atomic E-state index is -0.772. The smallest absolute Gasteiger partial charge is 0.302 e. The van der Waals surface area contributed by atoms with Crippen LogP contribution in [0.4, 0.5) is 0 Å². The number of hydrogen-bond acceptors (Lipinski definition) is 2. The fourth-order valence-corrected chi connectivity index (χ4v) is 4.30. The molecule has 0 aliphatic heterocycles. The maximum atomic E-state index is 10.6. The lowest BCUT2D eigenvalue weighted by Gasteiger charge is -2.22. The van der Waals surface area contributed by atoms with Gasteiger partial charge in [0.15, 0.2) is 0 Å². The number of hydrogen-bond donors (Lipinski definition) is 0. The molecule has 0 saturated carbocycles. The lowest BCUT2D eigenvalue weighted by Crippen LogP contribution is -3.00. The van der Waals surface area contributed by atoms with Gasteiger partial charge in [0.25, 0.3) is 0 Å². The molecular weight excluding hydrogens is 219 g/mol. The van der Waals surface area contributed by atoms with E-state index in [-0.39, 0.29) is 18.4 Å². The van der Waals surface area contributed by atoms with Crippen molar-refractivity contribution in [3.63, 3.8) is 0 Å². The molecule has 0 atom stereocenters. The monoisotopic (exact) mass is 240 g/mol. The predicted octanol–water partition coefficient (Wildman–Crippen LogP) is -0.369. The van der Waals surface area contributed by atoms with Crippen molar-refractivity contribution in [1.29, 1.82) is 0 Å². The highest BCUT2D eigenvalue weighted by Gasteiger charge is 2.30. The second-order valence-corrected chi connectivity index (χ2v) is 8.38. The van der Waals surface area contributed by atoms with Crippen LogP contribution in [0.25, 0.3) is 0 Å². The molecule has 0 aliphatic carbocycles. The summed E-state index contributed by atoms with van der Waals surface area (Å²) in [6, 6.07) is 0. The Bertz CT molecular complexity index is 150. The molecule has 0 radical (unpaired) electrons. The van der Waals surface area contributed by atoms with E-state index < -0.39 is 7.26 Å². The Balaban J connectivity index is 0. The van der Waals surface area contributed by atoms with Gasteiger partial charge in [0.05, 0.1) is 24.6 Å². The summed E-state index contributed by atoms with van der Waals surface area (Å²) in [6.07, 6.45) is 4.94. The average molecular weight is 241 g/mol. The van der Waals surface area contributed by atoms with Gasteiger partial charge in [-0.1, -0.05) is 0 Å². The maximum absolute atomic E-state index is 10.6. The van der Waals surface area contributed by atoms with E-state index in [2.05, 4.69) is 20.8 Å². The lowest BCUT2D eigenvalue weighted by atomic mass is 10.8. The molecule has 0 N–H and O–H groups in total. The van der Waals surface area contributed by atoms with Crippen molar-refractivity contribution in [3.05, 3.63) is 0 Å². The summed E-state index contributed by atoms with van der Waals surface area (Å²) in [7, 11) is -0.772. The Labute approximate surface area is 94.5 Å². The van der Waals surface area contributed by atoms with Crippen LogP contribution in [0.2, 0.25) is 0 Å². The highest BCUT2D eigenvalue weighted by Crippen LogP contribution is 2.57. The third-order valence-corrected chi connectivity index (χ3v) is 8.04. The summed E-state index contributed by atoms with van der Waals surface area (Å²) in [6.45, 7) is 8.88. The van der Waals surface area contributed by atoms with Crippen molar-refractivity contribution in [2.45, 2.75) is 27.7 Å². The molecule has 0 aromatic heterocycles. The molecule has 0 aromatic carbocycles. The van der Waals surface area contributed by atoms with Gasteiger partial charge in [0.1, 0.15) is 6.61 Å². The molecule has 0 unspecified atom stereocenters. The molecule has 86 valence electrons. The zero-order valence-corrected chi connectivity index (χ0v) is 11.3. The summed E-state index contributed by atoms with van der Waals surface area (Å²) in [5.41, 5.74) is 0. The third-order valence-electron chi connectivity index (χ3n) is 2.88. The Kier molecular flexibility index (Phi) is 10.1. The molecule has 0 fully saturated rings. The van der Waals surface area contributed by atoms with Gasteiger partial charge in [0, 0.05) is 14.2 Å². The van der Waals surface area contributed by atoms with Crippen LogP contribution in [-0.4, -0.2) is 37.2 Å². The first-order valence-corrected chi connectivity index (χ1v) is 7.61. The zero-order valence-electron chi connectivity index (χ0n) is 9.68. The van der Waals surface area contributed by atoms with E-state index in [9.17, 15) is 4.79 Å². The predicted molar refractivity (Wildman–Crippen MR) is 60.0 cm³/mol. The molecule has 0 aliphatic rings. The van der Waals surface area contributed by atoms with Crippen LogP contribution < -0.4 is 12.4 Å².